The van der Waals surface area contributed by atoms with Crippen LogP contribution in [-0.4, -0.2) is 4.98 Å². The van der Waals surface area contributed by atoms with Crippen molar-refractivity contribution in [1.29, 1.82) is 0 Å². The molecule has 0 N–H and O–H groups in total. The highest BCUT2D eigenvalue weighted by molar-refractivity contribution is 7.13. The summed E-state index contributed by atoms with van der Waals surface area (Å²) in [6.45, 7) is 4.15. The van der Waals surface area contributed by atoms with Gasteiger partial charge in [0.05, 0.1) is 4.88 Å². The second kappa shape index (κ2) is 3.34. The van der Waals surface area contributed by atoms with Crippen molar-refractivity contribution < 1.29 is 4.42 Å². The maximum atomic E-state index is 5.35. The fraction of sp³-hybridized carbons (Fsp3) is 0.300. The first kappa shape index (κ1) is 8.51. The van der Waals surface area contributed by atoms with Crippen molar-refractivity contribution in [3.8, 4) is 10.6 Å². The molecule has 0 aliphatic heterocycles. The molecule has 0 fully saturated rings. The van der Waals surface area contributed by atoms with Crippen molar-refractivity contribution in [2.45, 2.75) is 19.8 Å². The molecule has 68 valence electrons. The number of aromatic nitrogens is 1. The van der Waals surface area contributed by atoms with Crippen LogP contribution in [0.4, 0.5) is 0 Å². The van der Waals surface area contributed by atoms with Crippen molar-refractivity contribution in [3.05, 3.63) is 29.7 Å². The summed E-state index contributed by atoms with van der Waals surface area (Å²) < 4.78 is 5.35. The Morgan fingerprint density at radius 3 is 2.85 bits per heavy atom. The lowest BCUT2D eigenvalue weighted by Gasteiger charge is -1.93. The maximum Gasteiger partial charge on any atom is 0.197 e. The van der Waals surface area contributed by atoms with Gasteiger partial charge in [-0.05, 0) is 11.4 Å². The zero-order chi connectivity index (χ0) is 9.26. The first-order valence-corrected chi connectivity index (χ1v) is 5.14. The number of hydrogen-bond donors (Lipinski definition) is 0. The molecule has 2 nitrogen and oxygen atoms in total. The van der Waals surface area contributed by atoms with E-state index in [0.29, 0.717) is 5.92 Å². The Bertz CT molecular complexity index is 375. The van der Waals surface area contributed by atoms with Crippen LogP contribution < -0.4 is 0 Å². The Balaban J connectivity index is 2.33. The van der Waals surface area contributed by atoms with E-state index >= 15 is 0 Å². The van der Waals surface area contributed by atoms with E-state index in [1.54, 1.807) is 17.6 Å². The Kier molecular flexibility index (Phi) is 2.19. The molecule has 2 aromatic rings. The van der Waals surface area contributed by atoms with Crippen LogP contribution in [-0.2, 0) is 0 Å². The molecule has 2 rings (SSSR count). The lowest BCUT2D eigenvalue weighted by Crippen LogP contribution is -1.85. The number of rotatable bonds is 2. The largest absolute Gasteiger partial charge is 0.448 e. The second-order valence-electron chi connectivity index (χ2n) is 3.20. The van der Waals surface area contributed by atoms with Crippen molar-refractivity contribution in [3.63, 3.8) is 0 Å². The van der Waals surface area contributed by atoms with Crippen LogP contribution in [0.2, 0.25) is 0 Å². The summed E-state index contributed by atoms with van der Waals surface area (Å²) in [7, 11) is 0. The molecule has 0 saturated carbocycles. The first-order chi connectivity index (χ1) is 6.27. The molecule has 2 heterocycles. The molecule has 13 heavy (non-hydrogen) atoms. The second-order valence-corrected chi connectivity index (χ2v) is 4.15. The van der Waals surface area contributed by atoms with E-state index in [1.165, 1.54) is 0 Å². The zero-order valence-corrected chi connectivity index (χ0v) is 8.47. The van der Waals surface area contributed by atoms with Gasteiger partial charge in [0, 0.05) is 5.92 Å². The molecule has 0 saturated heterocycles. The topological polar surface area (TPSA) is 26.0 Å². The summed E-state index contributed by atoms with van der Waals surface area (Å²) >= 11 is 1.68. The van der Waals surface area contributed by atoms with Gasteiger partial charge in [-0.15, -0.1) is 11.3 Å². The first-order valence-electron chi connectivity index (χ1n) is 4.26. The summed E-state index contributed by atoms with van der Waals surface area (Å²) in [5, 5.41) is 2.04. The summed E-state index contributed by atoms with van der Waals surface area (Å²) in [6.07, 6.45) is 1.72. The third kappa shape index (κ3) is 1.65. The molecule has 3 heteroatoms. The SMILES string of the molecule is CC(C)c1nc(-c2cccs2)co1. The highest BCUT2D eigenvalue weighted by Gasteiger charge is 2.09. The molecule has 0 aliphatic rings. The number of nitrogens with zero attached hydrogens (tertiary/aromatic N) is 1. The van der Waals surface area contributed by atoms with E-state index in [4.69, 9.17) is 4.42 Å². The molecule has 2 aromatic heterocycles. The van der Waals surface area contributed by atoms with Gasteiger partial charge in [-0.1, -0.05) is 19.9 Å². The van der Waals surface area contributed by atoms with Gasteiger partial charge in [-0.2, -0.15) is 0 Å². The fourth-order valence-corrected chi connectivity index (χ4v) is 1.77. The molecule has 0 amide bonds. The van der Waals surface area contributed by atoms with Gasteiger partial charge < -0.3 is 4.42 Å². The van der Waals surface area contributed by atoms with Crippen LogP contribution >= 0.6 is 11.3 Å². The molecule has 0 radical (unpaired) electrons. The predicted octanol–water partition coefficient (Wildman–Crippen LogP) is 3.53. The van der Waals surface area contributed by atoms with Crippen LogP contribution in [0.25, 0.3) is 10.6 Å². The maximum absolute atomic E-state index is 5.35. The lowest BCUT2D eigenvalue weighted by atomic mass is 10.2. The molecule has 0 spiro atoms. The van der Waals surface area contributed by atoms with E-state index in [1.807, 2.05) is 17.5 Å². The van der Waals surface area contributed by atoms with Crippen molar-refractivity contribution in [2.75, 3.05) is 0 Å². The van der Waals surface area contributed by atoms with E-state index < -0.39 is 0 Å². The standard InChI is InChI=1S/C10H11NOS/c1-7(2)10-11-8(6-12-10)9-4-3-5-13-9/h3-7H,1-2H3. The van der Waals surface area contributed by atoms with E-state index in [0.717, 1.165) is 16.5 Å². The Morgan fingerprint density at radius 1 is 1.46 bits per heavy atom. The summed E-state index contributed by atoms with van der Waals surface area (Å²) in [5.41, 5.74) is 0.943. The van der Waals surface area contributed by atoms with Gasteiger partial charge in [0.25, 0.3) is 0 Å². The zero-order valence-electron chi connectivity index (χ0n) is 7.65. The predicted molar refractivity (Wildman–Crippen MR) is 53.9 cm³/mol. The summed E-state index contributed by atoms with van der Waals surface area (Å²) in [4.78, 5) is 5.56. The Hall–Kier alpha value is -1.09. The smallest absolute Gasteiger partial charge is 0.197 e. The van der Waals surface area contributed by atoms with Crippen LogP contribution in [0.15, 0.2) is 28.2 Å². The van der Waals surface area contributed by atoms with E-state index in [2.05, 4.69) is 18.8 Å². The van der Waals surface area contributed by atoms with Crippen molar-refractivity contribution >= 4 is 11.3 Å². The van der Waals surface area contributed by atoms with Gasteiger partial charge in [0.1, 0.15) is 12.0 Å². The molecule has 0 atom stereocenters. The van der Waals surface area contributed by atoms with Gasteiger partial charge in [-0.3, -0.25) is 0 Å². The normalized spacial score (nSPS) is 11.0. The fourth-order valence-electron chi connectivity index (χ4n) is 1.09. The van der Waals surface area contributed by atoms with Crippen LogP contribution in [0.3, 0.4) is 0 Å². The third-order valence-corrected chi connectivity index (χ3v) is 2.68. The van der Waals surface area contributed by atoms with E-state index in [9.17, 15) is 0 Å². The number of hydrogen-bond acceptors (Lipinski definition) is 3. The minimum atomic E-state index is 0.355. The van der Waals surface area contributed by atoms with Crippen molar-refractivity contribution in [1.82, 2.24) is 4.98 Å². The number of thiophene rings is 1. The Morgan fingerprint density at radius 2 is 2.31 bits per heavy atom. The summed E-state index contributed by atoms with van der Waals surface area (Å²) in [5.74, 6) is 1.16. The average molecular weight is 193 g/mol. The molecular formula is C10H11NOS. The minimum absolute atomic E-state index is 0.355. The third-order valence-electron chi connectivity index (χ3n) is 1.79. The van der Waals surface area contributed by atoms with Gasteiger partial charge in [-0.25, -0.2) is 4.98 Å². The highest BCUT2D eigenvalue weighted by Crippen LogP contribution is 2.25. The highest BCUT2D eigenvalue weighted by atomic mass is 32.1. The minimum Gasteiger partial charge on any atom is -0.448 e. The van der Waals surface area contributed by atoms with Crippen LogP contribution in [0, 0.1) is 0 Å². The van der Waals surface area contributed by atoms with E-state index in [-0.39, 0.29) is 0 Å². The Labute approximate surface area is 81.2 Å². The quantitative estimate of drug-likeness (QED) is 0.729. The molecule has 0 unspecified atom stereocenters. The lowest BCUT2D eigenvalue weighted by molar-refractivity contribution is 0.471. The molecule has 0 aliphatic carbocycles. The van der Waals surface area contributed by atoms with Crippen LogP contribution in [0.1, 0.15) is 25.7 Å². The average Bonchev–Trinajstić information content (AvgIpc) is 2.75. The molecule has 0 aromatic carbocycles. The van der Waals surface area contributed by atoms with Crippen molar-refractivity contribution in [2.24, 2.45) is 0 Å². The monoisotopic (exact) mass is 193 g/mol. The molecule has 0 bridgehead atoms. The number of oxazole rings is 1. The van der Waals surface area contributed by atoms with Gasteiger partial charge in [0.15, 0.2) is 5.89 Å². The summed E-state index contributed by atoms with van der Waals surface area (Å²) in [6, 6.07) is 4.07. The van der Waals surface area contributed by atoms with Crippen LogP contribution in [0.5, 0.6) is 0 Å². The van der Waals surface area contributed by atoms with Gasteiger partial charge >= 0.3 is 0 Å². The van der Waals surface area contributed by atoms with Gasteiger partial charge in [0.2, 0.25) is 0 Å². The molecular weight excluding hydrogens is 182 g/mol.